The van der Waals surface area contributed by atoms with Gasteiger partial charge in [-0.1, -0.05) is 17.7 Å². The molecule has 1 aliphatic heterocycles. The first-order valence-electron chi connectivity index (χ1n) is 7.30. The van der Waals surface area contributed by atoms with E-state index in [1.807, 2.05) is 6.92 Å². The second-order valence-electron chi connectivity index (χ2n) is 5.87. The van der Waals surface area contributed by atoms with E-state index in [-0.39, 0.29) is 10.8 Å². The van der Waals surface area contributed by atoms with Gasteiger partial charge in [0.1, 0.15) is 0 Å². The minimum Gasteiger partial charge on any atom is -0.213 e. The van der Waals surface area contributed by atoms with Gasteiger partial charge < -0.3 is 0 Å². The maximum atomic E-state index is 12.3. The number of piperidine rings is 1. The molecular weight excluding hydrogens is 360 g/mol. The van der Waals surface area contributed by atoms with Gasteiger partial charge >= 0.3 is 0 Å². The number of halogens is 1. The monoisotopic (exact) mass is 380 g/mol. The van der Waals surface area contributed by atoms with Gasteiger partial charge in [-0.25, -0.2) is 25.9 Å². The van der Waals surface area contributed by atoms with E-state index in [4.69, 9.17) is 11.6 Å². The molecule has 1 aromatic carbocycles. The molecule has 6 nitrogen and oxygen atoms in total. The zero-order chi connectivity index (χ0) is 17.3. The van der Waals surface area contributed by atoms with Crippen molar-refractivity contribution in [2.45, 2.75) is 24.7 Å². The Labute approximate surface area is 142 Å². The SMILES string of the molecule is Cc1ccc(S(=O)(=O)NCC2CCN(S(C)(=O)=O)CC2)cc1Cl. The largest absolute Gasteiger partial charge is 0.240 e. The van der Waals surface area contributed by atoms with Crippen LogP contribution in [0, 0.1) is 12.8 Å². The van der Waals surface area contributed by atoms with E-state index < -0.39 is 20.0 Å². The Bertz CT molecular complexity index is 770. The quantitative estimate of drug-likeness (QED) is 0.840. The molecule has 0 spiro atoms. The summed E-state index contributed by atoms with van der Waals surface area (Å²) in [6.45, 7) is 2.97. The number of rotatable bonds is 5. The van der Waals surface area contributed by atoms with Crippen LogP contribution in [-0.4, -0.2) is 47.0 Å². The molecule has 0 radical (unpaired) electrons. The van der Waals surface area contributed by atoms with Crippen molar-refractivity contribution in [3.8, 4) is 0 Å². The first kappa shape index (κ1) is 18.7. The van der Waals surface area contributed by atoms with E-state index in [2.05, 4.69) is 4.72 Å². The Morgan fingerprint density at radius 3 is 2.35 bits per heavy atom. The Balaban J connectivity index is 1.94. The van der Waals surface area contributed by atoms with Crippen molar-refractivity contribution >= 4 is 31.6 Å². The predicted molar refractivity (Wildman–Crippen MR) is 90.5 cm³/mol. The number of hydrogen-bond donors (Lipinski definition) is 1. The van der Waals surface area contributed by atoms with Gasteiger partial charge in [0.25, 0.3) is 0 Å². The highest BCUT2D eigenvalue weighted by atomic mass is 35.5. The van der Waals surface area contributed by atoms with E-state index in [0.717, 1.165) is 5.56 Å². The van der Waals surface area contributed by atoms with Crippen LogP contribution in [-0.2, 0) is 20.0 Å². The molecule has 1 N–H and O–H groups in total. The van der Waals surface area contributed by atoms with Gasteiger partial charge in [0.15, 0.2) is 0 Å². The molecule has 0 atom stereocenters. The number of hydrogen-bond acceptors (Lipinski definition) is 4. The zero-order valence-electron chi connectivity index (χ0n) is 13.1. The van der Waals surface area contributed by atoms with Crippen LogP contribution in [0.5, 0.6) is 0 Å². The fourth-order valence-electron chi connectivity index (χ4n) is 2.50. The minimum atomic E-state index is -3.61. The van der Waals surface area contributed by atoms with Gasteiger partial charge in [0.2, 0.25) is 20.0 Å². The van der Waals surface area contributed by atoms with Crippen molar-refractivity contribution in [2.24, 2.45) is 5.92 Å². The lowest BCUT2D eigenvalue weighted by Gasteiger charge is -2.30. The number of sulfonamides is 2. The molecule has 0 saturated carbocycles. The summed E-state index contributed by atoms with van der Waals surface area (Å²) < 4.78 is 51.5. The smallest absolute Gasteiger partial charge is 0.213 e. The van der Waals surface area contributed by atoms with Crippen LogP contribution in [0.2, 0.25) is 5.02 Å². The molecule has 1 aliphatic rings. The second kappa shape index (κ2) is 7.06. The summed E-state index contributed by atoms with van der Waals surface area (Å²) >= 11 is 5.97. The Kier molecular flexibility index (Phi) is 5.73. The summed E-state index contributed by atoms with van der Waals surface area (Å²) in [5.74, 6) is 0.128. The topological polar surface area (TPSA) is 83.6 Å². The summed E-state index contributed by atoms with van der Waals surface area (Å²) in [7, 11) is -6.77. The minimum absolute atomic E-state index is 0.128. The van der Waals surface area contributed by atoms with Crippen LogP contribution < -0.4 is 4.72 Å². The fourth-order valence-corrected chi connectivity index (χ4v) is 4.76. The first-order chi connectivity index (χ1) is 10.6. The zero-order valence-corrected chi connectivity index (χ0v) is 15.5. The summed E-state index contributed by atoms with van der Waals surface area (Å²) in [6, 6.07) is 4.63. The van der Waals surface area contributed by atoms with E-state index >= 15 is 0 Å². The average molecular weight is 381 g/mol. The van der Waals surface area contributed by atoms with Gasteiger partial charge in [-0.2, -0.15) is 0 Å². The molecule has 0 bridgehead atoms. The molecular formula is C14H21ClN2O4S2. The standard InChI is InChI=1S/C14H21ClN2O4S2/c1-11-3-4-13(9-14(11)15)23(20,21)16-10-12-5-7-17(8-6-12)22(2,18)19/h3-4,9,12,16H,5-8,10H2,1-2H3. The van der Waals surface area contributed by atoms with E-state index in [1.165, 1.54) is 22.7 Å². The highest BCUT2D eigenvalue weighted by Crippen LogP contribution is 2.21. The number of nitrogens with zero attached hydrogens (tertiary/aromatic N) is 1. The summed E-state index contributed by atoms with van der Waals surface area (Å²) in [5, 5.41) is 0.411. The fraction of sp³-hybridized carbons (Fsp3) is 0.571. The van der Waals surface area contributed by atoms with E-state index in [9.17, 15) is 16.8 Å². The Morgan fingerprint density at radius 2 is 1.83 bits per heavy atom. The normalized spacial score (nSPS) is 18.2. The summed E-state index contributed by atoms with van der Waals surface area (Å²) in [6.07, 6.45) is 2.48. The van der Waals surface area contributed by atoms with Crippen LogP contribution in [0.15, 0.2) is 23.1 Å². The Morgan fingerprint density at radius 1 is 1.22 bits per heavy atom. The van der Waals surface area contributed by atoms with E-state index in [1.54, 1.807) is 6.07 Å². The van der Waals surface area contributed by atoms with Crippen molar-refractivity contribution in [2.75, 3.05) is 25.9 Å². The van der Waals surface area contributed by atoms with Crippen molar-refractivity contribution < 1.29 is 16.8 Å². The number of nitrogens with one attached hydrogen (secondary N) is 1. The summed E-state index contributed by atoms with van der Waals surface area (Å²) in [5.41, 5.74) is 0.818. The molecule has 0 amide bonds. The van der Waals surface area contributed by atoms with Crippen molar-refractivity contribution in [1.82, 2.24) is 9.03 Å². The predicted octanol–water partition coefficient (Wildman–Crippen LogP) is 1.60. The Hall–Kier alpha value is -0.670. The third-order valence-corrected chi connectivity index (χ3v) is 7.19. The van der Waals surface area contributed by atoms with Crippen LogP contribution >= 0.6 is 11.6 Å². The van der Waals surface area contributed by atoms with Crippen LogP contribution in [0.1, 0.15) is 18.4 Å². The molecule has 1 aromatic rings. The van der Waals surface area contributed by atoms with Crippen LogP contribution in [0.25, 0.3) is 0 Å². The van der Waals surface area contributed by atoms with Gasteiger partial charge in [0, 0.05) is 24.7 Å². The maximum absolute atomic E-state index is 12.3. The lowest BCUT2D eigenvalue weighted by molar-refractivity contribution is 0.275. The number of aryl methyl sites for hydroxylation is 1. The molecule has 1 saturated heterocycles. The number of benzene rings is 1. The van der Waals surface area contributed by atoms with Crippen molar-refractivity contribution in [1.29, 1.82) is 0 Å². The first-order valence-corrected chi connectivity index (χ1v) is 11.0. The molecule has 2 rings (SSSR count). The van der Waals surface area contributed by atoms with Gasteiger partial charge in [0.05, 0.1) is 11.2 Å². The van der Waals surface area contributed by atoms with Gasteiger partial charge in [-0.05, 0) is 43.4 Å². The van der Waals surface area contributed by atoms with E-state index in [0.29, 0.717) is 37.5 Å². The van der Waals surface area contributed by atoms with Crippen molar-refractivity contribution in [3.05, 3.63) is 28.8 Å². The van der Waals surface area contributed by atoms with Gasteiger partial charge in [-0.3, -0.25) is 0 Å². The lowest BCUT2D eigenvalue weighted by atomic mass is 9.99. The highest BCUT2D eigenvalue weighted by molar-refractivity contribution is 7.89. The molecule has 1 heterocycles. The highest BCUT2D eigenvalue weighted by Gasteiger charge is 2.26. The van der Waals surface area contributed by atoms with Crippen molar-refractivity contribution in [3.63, 3.8) is 0 Å². The molecule has 130 valence electrons. The molecule has 0 unspecified atom stereocenters. The molecule has 23 heavy (non-hydrogen) atoms. The molecule has 0 aliphatic carbocycles. The third-order valence-electron chi connectivity index (χ3n) is 4.06. The van der Waals surface area contributed by atoms with Gasteiger partial charge in [-0.15, -0.1) is 0 Å². The molecule has 9 heteroatoms. The lowest BCUT2D eigenvalue weighted by Crippen LogP contribution is -2.41. The third kappa shape index (κ3) is 4.90. The van der Waals surface area contributed by atoms with Crippen LogP contribution in [0.3, 0.4) is 0 Å². The average Bonchev–Trinajstić information content (AvgIpc) is 2.47. The molecule has 1 fully saturated rings. The summed E-state index contributed by atoms with van der Waals surface area (Å²) in [4.78, 5) is 0.140. The molecule has 0 aromatic heterocycles. The second-order valence-corrected chi connectivity index (χ2v) is 10.0. The maximum Gasteiger partial charge on any atom is 0.240 e. The van der Waals surface area contributed by atoms with Crippen LogP contribution in [0.4, 0.5) is 0 Å².